The third-order valence-corrected chi connectivity index (χ3v) is 12.9. The van der Waals surface area contributed by atoms with E-state index in [1.807, 2.05) is 33.3 Å². The summed E-state index contributed by atoms with van der Waals surface area (Å²) in [5.74, 6) is -0.627. The number of amides is 1. The summed E-state index contributed by atoms with van der Waals surface area (Å²) in [6.07, 6.45) is 71.7. The second-order valence-corrected chi connectivity index (χ2v) is 21.5. The molecule has 1 N–H and O–H groups in total. The molecule has 0 radical (unpaired) electrons. The van der Waals surface area contributed by atoms with E-state index in [4.69, 9.17) is 13.8 Å². The molecule has 1 amide bonds. The van der Waals surface area contributed by atoms with Crippen LogP contribution in [0.2, 0.25) is 0 Å². The molecule has 0 fully saturated rings. The number of phosphoric ester groups is 1. The van der Waals surface area contributed by atoms with E-state index in [1.54, 1.807) is 6.08 Å². The maximum atomic E-state index is 13.5. The number of rotatable bonds is 50. The quantitative estimate of drug-likeness (QED) is 0.0161. The molecule has 0 rings (SSSR count). The number of hydrogen-bond donors (Lipinski definition) is 1. The van der Waals surface area contributed by atoms with Crippen molar-refractivity contribution in [1.82, 2.24) is 5.32 Å². The predicted molar refractivity (Wildman–Crippen MR) is 311 cm³/mol. The van der Waals surface area contributed by atoms with E-state index in [9.17, 15) is 19.0 Å². The van der Waals surface area contributed by atoms with E-state index < -0.39 is 32.5 Å². The monoisotopic (exact) mass is 1030 g/mol. The molecule has 0 saturated carbocycles. The maximum Gasteiger partial charge on any atom is 0.306 e. The standard InChI is InChI=1S/C63H107N2O7P/c1-7-10-13-16-19-22-25-28-29-30-31-32-33-34-35-38-41-44-47-50-53-56-63(67)72-61(54-51-48-45-42-39-36-26-23-20-17-14-11-8-2)60(59-71-73(68,69)70-58-57-65(4,5)6)64-62(66)55-52-49-46-43-40-37-27-24-21-18-15-12-9-3/h10,12-13,15,18-19,21-22,24,27-29,31-32,34-35,41,44,51,54,60-61H,7-9,11,14,16-17,20,23,25-26,30,33,36-40,42-43,45-50,52-53,55-59H2,1-6H3,(H-,64,66,68,69)/b13-10-,15-12+,21-18+,22-19-,27-24-,29-28-,32-31-,35-34-,44-41-,54-51-. The fraction of sp³-hybridized carbons (Fsp3) is 0.651. The van der Waals surface area contributed by atoms with Gasteiger partial charge in [0.1, 0.15) is 19.3 Å². The van der Waals surface area contributed by atoms with Gasteiger partial charge < -0.3 is 28.5 Å². The van der Waals surface area contributed by atoms with Gasteiger partial charge in [0.05, 0.1) is 33.8 Å². The lowest BCUT2D eigenvalue weighted by atomic mass is 10.0. The molecule has 0 bridgehead atoms. The number of quaternary nitrogens is 1. The molecule has 0 aliphatic rings. The molecule has 416 valence electrons. The fourth-order valence-corrected chi connectivity index (χ4v) is 8.25. The van der Waals surface area contributed by atoms with E-state index in [2.05, 4.69) is 129 Å². The van der Waals surface area contributed by atoms with Crippen molar-refractivity contribution in [3.63, 3.8) is 0 Å². The first-order chi connectivity index (χ1) is 35.4. The molecule has 0 saturated heterocycles. The third kappa shape index (κ3) is 53.1. The van der Waals surface area contributed by atoms with Gasteiger partial charge in [0.2, 0.25) is 5.91 Å². The van der Waals surface area contributed by atoms with Crippen molar-refractivity contribution < 1.29 is 37.3 Å². The highest BCUT2D eigenvalue weighted by Gasteiger charge is 2.27. The Morgan fingerprint density at radius 2 is 0.945 bits per heavy atom. The summed E-state index contributed by atoms with van der Waals surface area (Å²) in [4.78, 5) is 39.8. The van der Waals surface area contributed by atoms with Crippen LogP contribution in [0.15, 0.2) is 122 Å². The van der Waals surface area contributed by atoms with Gasteiger partial charge in [0, 0.05) is 12.8 Å². The number of unbranched alkanes of at least 4 members (excludes halogenated alkanes) is 18. The number of likely N-dealkylation sites (N-methyl/N-ethyl adjacent to an activating group) is 1. The van der Waals surface area contributed by atoms with Gasteiger partial charge in [0.25, 0.3) is 7.82 Å². The zero-order chi connectivity index (χ0) is 53.6. The number of carbonyl (C=O) groups excluding carboxylic acids is 2. The van der Waals surface area contributed by atoms with Crippen LogP contribution in [-0.2, 0) is 27.9 Å². The molecule has 0 aromatic carbocycles. The van der Waals surface area contributed by atoms with Gasteiger partial charge in [-0.2, -0.15) is 0 Å². The molecule has 0 aliphatic heterocycles. The van der Waals surface area contributed by atoms with Crippen LogP contribution in [0.1, 0.15) is 213 Å². The van der Waals surface area contributed by atoms with E-state index in [0.29, 0.717) is 23.9 Å². The van der Waals surface area contributed by atoms with Crippen molar-refractivity contribution in [2.24, 2.45) is 0 Å². The number of hydrogen-bond acceptors (Lipinski definition) is 7. The summed E-state index contributed by atoms with van der Waals surface area (Å²) in [6.45, 7) is 6.52. The van der Waals surface area contributed by atoms with Crippen molar-refractivity contribution >= 4 is 19.7 Å². The zero-order valence-electron chi connectivity index (χ0n) is 47.3. The lowest BCUT2D eigenvalue weighted by molar-refractivity contribution is -0.870. The van der Waals surface area contributed by atoms with E-state index in [0.717, 1.165) is 109 Å². The van der Waals surface area contributed by atoms with Crippen LogP contribution < -0.4 is 10.2 Å². The summed E-state index contributed by atoms with van der Waals surface area (Å²) in [7, 11) is 1.12. The van der Waals surface area contributed by atoms with Gasteiger partial charge in [0.15, 0.2) is 0 Å². The summed E-state index contributed by atoms with van der Waals surface area (Å²) in [6, 6.07) is -0.925. The van der Waals surface area contributed by atoms with Crippen LogP contribution in [0, 0.1) is 0 Å². The smallest absolute Gasteiger partial charge is 0.306 e. The van der Waals surface area contributed by atoms with Crippen LogP contribution in [0.4, 0.5) is 0 Å². The number of ether oxygens (including phenoxy) is 1. The Balaban J connectivity index is 5.45. The molecule has 3 unspecified atom stereocenters. The summed E-state index contributed by atoms with van der Waals surface area (Å²) < 4.78 is 30.2. The second kappa shape index (κ2) is 51.9. The van der Waals surface area contributed by atoms with Crippen LogP contribution in [0.3, 0.4) is 0 Å². The van der Waals surface area contributed by atoms with Crippen LogP contribution in [-0.4, -0.2) is 69.4 Å². The molecule has 0 aliphatic carbocycles. The molecule has 0 heterocycles. The van der Waals surface area contributed by atoms with E-state index >= 15 is 0 Å². The van der Waals surface area contributed by atoms with E-state index in [1.165, 1.54) is 57.8 Å². The average molecular weight is 1040 g/mol. The summed E-state index contributed by atoms with van der Waals surface area (Å²) in [5.41, 5.74) is 0. The largest absolute Gasteiger partial charge is 0.756 e. The minimum absolute atomic E-state index is 0.0405. The van der Waals surface area contributed by atoms with Crippen molar-refractivity contribution in [2.75, 3.05) is 40.9 Å². The number of nitrogens with one attached hydrogen (secondary N) is 1. The highest BCUT2D eigenvalue weighted by molar-refractivity contribution is 7.45. The van der Waals surface area contributed by atoms with Gasteiger partial charge in [-0.25, -0.2) is 0 Å². The molecular formula is C63H107N2O7P. The van der Waals surface area contributed by atoms with Crippen molar-refractivity contribution in [3.8, 4) is 0 Å². The number of esters is 1. The third-order valence-electron chi connectivity index (χ3n) is 11.9. The molecular weight excluding hydrogens is 928 g/mol. The Labute approximate surface area is 448 Å². The second-order valence-electron chi connectivity index (χ2n) is 20.1. The molecule has 10 heteroatoms. The SMILES string of the molecule is CC/C=C\C/C=C\C/C=C\C/C=C\C/C=C\C/C=C\CCCCC(=O)OC(/C=C\CCCCCCCCCCCCC)C(COP(=O)([O-])OCC[N+](C)(C)C)NC(=O)CCCCCCC\C=C/C=C/C=C/CC. The Morgan fingerprint density at radius 1 is 0.507 bits per heavy atom. The van der Waals surface area contributed by atoms with Gasteiger partial charge in [-0.1, -0.05) is 220 Å². The number of carbonyl (C=O) groups is 2. The Kier molecular flexibility index (Phi) is 49.3. The minimum atomic E-state index is -4.72. The zero-order valence-corrected chi connectivity index (χ0v) is 48.2. The van der Waals surface area contributed by atoms with Crippen LogP contribution in [0.5, 0.6) is 0 Å². The van der Waals surface area contributed by atoms with Crippen LogP contribution >= 0.6 is 7.82 Å². The van der Waals surface area contributed by atoms with Crippen molar-refractivity contribution in [1.29, 1.82) is 0 Å². The van der Waals surface area contributed by atoms with Gasteiger partial charge in [-0.05, 0) is 102 Å². The molecule has 73 heavy (non-hydrogen) atoms. The number of allylic oxidation sites excluding steroid dienone is 19. The minimum Gasteiger partial charge on any atom is -0.756 e. The van der Waals surface area contributed by atoms with E-state index in [-0.39, 0.29) is 25.4 Å². The first-order valence-electron chi connectivity index (χ1n) is 28.9. The Bertz CT molecular complexity index is 1660. The molecule has 0 aromatic rings. The predicted octanol–water partition coefficient (Wildman–Crippen LogP) is 16.9. The molecule has 0 spiro atoms. The fourth-order valence-electron chi connectivity index (χ4n) is 7.52. The van der Waals surface area contributed by atoms with Gasteiger partial charge in [-0.3, -0.25) is 14.2 Å². The molecule has 9 nitrogen and oxygen atoms in total. The van der Waals surface area contributed by atoms with Crippen molar-refractivity contribution in [2.45, 2.75) is 226 Å². The Hall–Kier alpha value is -3.59. The highest BCUT2D eigenvalue weighted by Crippen LogP contribution is 2.38. The van der Waals surface area contributed by atoms with Gasteiger partial charge in [-0.15, -0.1) is 0 Å². The van der Waals surface area contributed by atoms with Crippen LogP contribution in [0.25, 0.3) is 0 Å². The lowest BCUT2D eigenvalue weighted by Gasteiger charge is -2.30. The number of phosphoric acid groups is 1. The average Bonchev–Trinajstić information content (AvgIpc) is 3.35. The Morgan fingerprint density at radius 3 is 1.48 bits per heavy atom. The topological polar surface area (TPSA) is 114 Å². The van der Waals surface area contributed by atoms with Gasteiger partial charge >= 0.3 is 5.97 Å². The molecule has 0 aromatic heterocycles. The first kappa shape index (κ1) is 69.4. The van der Waals surface area contributed by atoms with Crippen molar-refractivity contribution in [3.05, 3.63) is 122 Å². The maximum absolute atomic E-state index is 13.5. The summed E-state index contributed by atoms with van der Waals surface area (Å²) in [5, 5.41) is 2.99. The highest BCUT2D eigenvalue weighted by atomic mass is 31.2. The normalized spacial score (nSPS) is 14.7. The molecule has 3 atom stereocenters. The number of nitrogens with zero attached hydrogens (tertiary/aromatic N) is 1. The lowest BCUT2D eigenvalue weighted by Crippen LogP contribution is -2.47. The summed E-state index contributed by atoms with van der Waals surface area (Å²) >= 11 is 0. The first-order valence-corrected chi connectivity index (χ1v) is 30.3.